The van der Waals surface area contributed by atoms with Crippen molar-refractivity contribution < 1.29 is 41.8 Å². The molecule has 0 unspecified atom stereocenters. The van der Waals surface area contributed by atoms with Gasteiger partial charge in [-0.3, -0.25) is 19.2 Å². The topological polar surface area (TPSA) is 144 Å². The van der Waals surface area contributed by atoms with E-state index in [0.717, 1.165) is 24.8 Å². The fourth-order valence-electron chi connectivity index (χ4n) is 8.46. The first-order chi connectivity index (χ1) is 26.9. The van der Waals surface area contributed by atoms with Crippen LogP contribution in [0, 0.1) is 17.8 Å². The number of primary amides is 1. The molecule has 4 heterocycles. The minimum absolute atomic E-state index is 0.0200. The van der Waals surface area contributed by atoms with Crippen molar-refractivity contribution in [2.75, 3.05) is 26.7 Å². The van der Waals surface area contributed by atoms with Crippen LogP contribution < -0.4 is 20.5 Å². The van der Waals surface area contributed by atoms with E-state index < -0.39 is 53.4 Å². The number of hydrogen-bond acceptors (Lipinski definition) is 7. The Morgan fingerprint density at radius 3 is 2.50 bits per heavy atom. The van der Waals surface area contributed by atoms with Gasteiger partial charge in [-0.1, -0.05) is 55.3 Å². The quantitative estimate of drug-likeness (QED) is 0.283. The number of nitrogens with two attached hydrogens (primary N) is 1. The van der Waals surface area contributed by atoms with Crippen LogP contribution in [-0.2, 0) is 19.2 Å². The van der Waals surface area contributed by atoms with Crippen molar-refractivity contribution in [2.24, 2.45) is 23.5 Å². The van der Waals surface area contributed by atoms with E-state index in [1.54, 1.807) is 19.2 Å². The number of amides is 4. The van der Waals surface area contributed by atoms with Gasteiger partial charge < -0.3 is 30.3 Å². The number of alkyl halides is 3. The van der Waals surface area contributed by atoms with E-state index in [1.807, 2.05) is 54.6 Å². The molecular weight excluding hydrogens is 727 g/mol. The summed E-state index contributed by atoms with van der Waals surface area (Å²) in [4.78, 5) is 63.1. The number of benzene rings is 2. The zero-order valence-corrected chi connectivity index (χ0v) is 31.4. The molecule has 2 saturated heterocycles. The van der Waals surface area contributed by atoms with E-state index in [2.05, 4.69) is 5.32 Å². The second-order valence-electron chi connectivity index (χ2n) is 15.5. The van der Waals surface area contributed by atoms with Crippen LogP contribution in [0.2, 0.25) is 0 Å². The molecule has 1 saturated carbocycles. The summed E-state index contributed by atoms with van der Waals surface area (Å²) >= 11 is 0. The maximum absolute atomic E-state index is 14.7. The average Bonchev–Trinajstić information content (AvgIpc) is 3.73. The van der Waals surface area contributed by atoms with Crippen molar-refractivity contribution in [2.45, 2.75) is 88.1 Å². The SMILES string of the molecule is COc1ccc2c(O[C@@H]3C[C@H]4C(=O)N[C@]5(C(N)=O)C[C@H]5C=CCCCCC[C@H](CC(=O)N5CCC(C(F)(F)F)CC5)C(=O)N4C3)cc(-c3ccccc3)nc2c1. The number of aromatic nitrogens is 1. The van der Waals surface area contributed by atoms with Crippen molar-refractivity contribution in [3.8, 4) is 22.8 Å². The summed E-state index contributed by atoms with van der Waals surface area (Å²) in [6.07, 6.45) is 2.17. The summed E-state index contributed by atoms with van der Waals surface area (Å²) in [5.41, 5.74) is 6.72. The van der Waals surface area contributed by atoms with Gasteiger partial charge >= 0.3 is 6.18 Å². The van der Waals surface area contributed by atoms with E-state index in [9.17, 15) is 32.3 Å². The zero-order valence-electron chi connectivity index (χ0n) is 31.4. The maximum Gasteiger partial charge on any atom is 0.391 e. The third-order valence-corrected chi connectivity index (χ3v) is 11.9. The van der Waals surface area contributed by atoms with Crippen LogP contribution in [0.15, 0.2) is 66.7 Å². The summed E-state index contributed by atoms with van der Waals surface area (Å²) in [7, 11) is 1.57. The van der Waals surface area contributed by atoms with Crippen molar-refractivity contribution >= 4 is 34.5 Å². The molecule has 11 nitrogen and oxygen atoms in total. The number of nitrogens with zero attached hydrogens (tertiary/aromatic N) is 3. The second-order valence-corrected chi connectivity index (χ2v) is 15.5. The molecule has 3 aliphatic heterocycles. The van der Waals surface area contributed by atoms with Gasteiger partial charge in [0.25, 0.3) is 0 Å². The molecule has 298 valence electrons. The Hall–Kier alpha value is -5.14. The normalized spacial score (nSPS) is 26.4. The van der Waals surface area contributed by atoms with E-state index in [4.69, 9.17) is 20.2 Å². The molecule has 0 bridgehead atoms. The summed E-state index contributed by atoms with van der Waals surface area (Å²) < 4.78 is 52.3. The number of halogens is 3. The number of fused-ring (bicyclic) bond motifs is 3. The predicted molar refractivity (Wildman–Crippen MR) is 202 cm³/mol. The third kappa shape index (κ3) is 8.34. The lowest BCUT2D eigenvalue weighted by Gasteiger charge is -2.34. The number of likely N-dealkylation sites (tertiary alicyclic amines) is 1. The third-order valence-electron chi connectivity index (χ3n) is 11.9. The molecule has 1 aliphatic carbocycles. The fourth-order valence-corrected chi connectivity index (χ4v) is 8.46. The highest BCUT2D eigenvalue weighted by atomic mass is 19.4. The lowest BCUT2D eigenvalue weighted by Crippen LogP contribution is -2.55. The molecule has 4 amide bonds. The Morgan fingerprint density at radius 2 is 1.79 bits per heavy atom. The number of hydrogen-bond donors (Lipinski definition) is 2. The molecule has 3 aromatic rings. The molecule has 7 rings (SSSR count). The van der Waals surface area contributed by atoms with Crippen LogP contribution in [0.4, 0.5) is 13.2 Å². The standard InChI is InChI=1S/C42H48F3N5O6/c1-55-30-14-15-32-34(21-30)47-33(26-10-7-5-8-11-26)23-36(32)56-31-22-35-38(52)48-41(40(46)54)24-29(41)13-9-4-2-3-6-12-27(39(53)50(35)25-31)20-37(51)49-18-16-28(17-19-49)42(43,44)45/h5,7-11,13-15,21,23,27-29,31,35H,2-4,6,12,16-20,22,24-25H2,1H3,(H2,46,54)(H,48,52)/t27-,29-,31-,35+,41-/m1/s1. The molecule has 1 aromatic heterocycles. The van der Waals surface area contributed by atoms with Crippen LogP contribution in [0.25, 0.3) is 22.2 Å². The van der Waals surface area contributed by atoms with Crippen molar-refractivity contribution in [3.63, 3.8) is 0 Å². The molecule has 3 N–H and O–H groups in total. The Morgan fingerprint density at radius 1 is 1.02 bits per heavy atom. The van der Waals surface area contributed by atoms with Crippen LogP contribution >= 0.6 is 0 Å². The minimum atomic E-state index is -4.32. The number of rotatable bonds is 7. The molecule has 0 spiro atoms. The number of allylic oxidation sites excluding steroid dienone is 1. The minimum Gasteiger partial charge on any atom is -0.497 e. The highest BCUT2D eigenvalue weighted by Crippen LogP contribution is 2.45. The number of methoxy groups -OCH3 is 1. The van der Waals surface area contributed by atoms with Crippen LogP contribution in [0.1, 0.15) is 64.2 Å². The van der Waals surface area contributed by atoms with Gasteiger partial charge in [0.15, 0.2) is 0 Å². The van der Waals surface area contributed by atoms with Gasteiger partial charge in [0.1, 0.15) is 29.2 Å². The Kier molecular flexibility index (Phi) is 11.3. The largest absolute Gasteiger partial charge is 0.497 e. The molecule has 3 fully saturated rings. The fraction of sp³-hybridized carbons (Fsp3) is 0.500. The number of pyridine rings is 1. The lowest BCUT2D eigenvalue weighted by atomic mass is 9.92. The van der Waals surface area contributed by atoms with Crippen molar-refractivity contribution in [1.82, 2.24) is 20.1 Å². The number of nitrogens with one attached hydrogen (secondary N) is 1. The van der Waals surface area contributed by atoms with E-state index in [0.29, 0.717) is 47.4 Å². The summed E-state index contributed by atoms with van der Waals surface area (Å²) in [5.74, 6) is -3.41. The van der Waals surface area contributed by atoms with Gasteiger partial charge in [0, 0.05) is 60.8 Å². The van der Waals surface area contributed by atoms with Crippen LogP contribution in [0.5, 0.6) is 11.5 Å². The predicted octanol–water partition coefficient (Wildman–Crippen LogP) is 5.95. The number of carbonyl (C=O) groups is 4. The van der Waals surface area contributed by atoms with Gasteiger partial charge in [-0.15, -0.1) is 0 Å². The van der Waals surface area contributed by atoms with Crippen LogP contribution in [-0.4, -0.2) is 89.0 Å². The zero-order chi connectivity index (χ0) is 39.6. The molecular formula is C42H48F3N5O6. The monoisotopic (exact) mass is 775 g/mol. The summed E-state index contributed by atoms with van der Waals surface area (Å²) in [6.45, 7) is -0.0475. The van der Waals surface area contributed by atoms with E-state index in [1.165, 1.54) is 9.80 Å². The summed E-state index contributed by atoms with van der Waals surface area (Å²) in [5, 5.41) is 3.60. The van der Waals surface area contributed by atoms with E-state index >= 15 is 0 Å². The first-order valence-corrected chi connectivity index (χ1v) is 19.5. The highest BCUT2D eigenvalue weighted by molar-refractivity contribution is 5.97. The average molecular weight is 776 g/mol. The van der Waals surface area contributed by atoms with E-state index in [-0.39, 0.29) is 57.1 Å². The van der Waals surface area contributed by atoms with Crippen molar-refractivity contribution in [1.29, 1.82) is 0 Å². The van der Waals surface area contributed by atoms with Crippen molar-refractivity contribution in [3.05, 3.63) is 66.7 Å². The van der Waals surface area contributed by atoms with Gasteiger partial charge in [0.05, 0.1) is 30.8 Å². The Labute approximate surface area is 323 Å². The Balaban J connectivity index is 1.19. The van der Waals surface area contributed by atoms with Gasteiger partial charge in [-0.25, -0.2) is 4.98 Å². The smallest absolute Gasteiger partial charge is 0.391 e. The van der Waals surface area contributed by atoms with Crippen LogP contribution in [0.3, 0.4) is 0 Å². The van der Waals surface area contributed by atoms with Gasteiger partial charge in [-0.05, 0) is 50.7 Å². The molecule has 5 atom stereocenters. The number of carbonyl (C=O) groups excluding carboxylic acids is 4. The maximum atomic E-state index is 14.7. The molecule has 2 aromatic carbocycles. The lowest BCUT2D eigenvalue weighted by molar-refractivity contribution is -0.186. The molecule has 0 radical (unpaired) electrons. The first kappa shape index (κ1) is 39.1. The summed E-state index contributed by atoms with van der Waals surface area (Å²) in [6, 6.07) is 15.8. The molecule has 56 heavy (non-hydrogen) atoms. The highest BCUT2D eigenvalue weighted by Gasteiger charge is 2.60. The van der Waals surface area contributed by atoms with Gasteiger partial charge in [-0.2, -0.15) is 13.2 Å². The van der Waals surface area contributed by atoms with Gasteiger partial charge in [0.2, 0.25) is 23.6 Å². The number of ether oxygens (including phenoxy) is 2. The number of piperidine rings is 1. The second kappa shape index (κ2) is 16.1. The molecule has 4 aliphatic rings. The molecule has 14 heteroatoms. The Bertz CT molecular complexity index is 1980. The first-order valence-electron chi connectivity index (χ1n) is 19.5.